The van der Waals surface area contributed by atoms with Crippen LogP contribution in [0.2, 0.25) is 0 Å². The maximum atomic E-state index is 11.3. The number of fused-ring (bicyclic) bond motifs is 1. The second kappa shape index (κ2) is 7.42. The van der Waals surface area contributed by atoms with E-state index in [0.717, 1.165) is 19.5 Å². The van der Waals surface area contributed by atoms with Crippen LogP contribution in [0.5, 0.6) is 0 Å². The molecular formula is C26H32N2O2. The first-order valence-corrected chi connectivity index (χ1v) is 11.4. The Kier molecular flexibility index (Phi) is 4.85. The van der Waals surface area contributed by atoms with Crippen LogP contribution in [0.1, 0.15) is 74.3 Å². The molecule has 30 heavy (non-hydrogen) atoms. The number of nitrogens with one attached hydrogen (secondary N) is 1. The van der Waals surface area contributed by atoms with Crippen LogP contribution in [0.25, 0.3) is 11.1 Å². The Labute approximate surface area is 178 Å². The van der Waals surface area contributed by atoms with E-state index in [1.807, 2.05) is 0 Å². The average Bonchev–Trinajstić information content (AvgIpc) is 3.21. The molecule has 2 atom stereocenters. The van der Waals surface area contributed by atoms with Gasteiger partial charge in [0, 0.05) is 41.3 Å². The van der Waals surface area contributed by atoms with E-state index in [0.29, 0.717) is 22.9 Å². The number of hydrogen-bond acceptors (Lipinski definition) is 2. The number of rotatable bonds is 4. The van der Waals surface area contributed by atoms with Gasteiger partial charge in [-0.3, -0.25) is 4.90 Å². The van der Waals surface area contributed by atoms with Gasteiger partial charge in [-0.1, -0.05) is 38.3 Å². The molecule has 1 spiro atoms. The van der Waals surface area contributed by atoms with Crippen LogP contribution in [0, 0.1) is 11.3 Å². The van der Waals surface area contributed by atoms with E-state index in [1.54, 1.807) is 17.7 Å². The van der Waals surface area contributed by atoms with Gasteiger partial charge in [0.1, 0.15) is 0 Å². The molecule has 158 valence electrons. The lowest BCUT2D eigenvalue weighted by atomic mass is 9.60. The van der Waals surface area contributed by atoms with Crippen LogP contribution in [-0.4, -0.2) is 34.0 Å². The van der Waals surface area contributed by atoms with E-state index in [1.165, 1.54) is 53.8 Å². The van der Waals surface area contributed by atoms with Crippen molar-refractivity contribution in [1.82, 2.24) is 9.88 Å². The molecule has 1 aliphatic heterocycles. The Morgan fingerprint density at radius 2 is 1.90 bits per heavy atom. The third-order valence-electron chi connectivity index (χ3n) is 7.89. The van der Waals surface area contributed by atoms with Gasteiger partial charge in [0.15, 0.2) is 0 Å². The topological polar surface area (TPSA) is 56.3 Å². The Bertz CT molecular complexity index is 1070. The average molecular weight is 405 g/mol. The monoisotopic (exact) mass is 404 g/mol. The fraction of sp³-hybridized carbons (Fsp3) is 0.500. The van der Waals surface area contributed by atoms with Crippen molar-refractivity contribution in [2.45, 2.75) is 58.4 Å². The van der Waals surface area contributed by atoms with Crippen LogP contribution in [-0.2, 0) is 0 Å². The SMILES string of the molecule is CC1=c2[nH]ccc2=C(CN2CC3(CCCCC3)C2c2ccc(C(=O)O)cc2)C(C)C1. The summed E-state index contributed by atoms with van der Waals surface area (Å²) < 4.78 is 0. The zero-order valence-electron chi connectivity index (χ0n) is 18.1. The molecule has 1 saturated carbocycles. The lowest BCUT2D eigenvalue weighted by Gasteiger charge is -2.60. The van der Waals surface area contributed by atoms with Gasteiger partial charge in [0.2, 0.25) is 0 Å². The van der Waals surface area contributed by atoms with Gasteiger partial charge in [-0.15, -0.1) is 0 Å². The maximum Gasteiger partial charge on any atom is 0.335 e. The molecular weight excluding hydrogens is 372 g/mol. The molecule has 1 aromatic heterocycles. The van der Waals surface area contributed by atoms with Crippen LogP contribution < -0.4 is 10.6 Å². The lowest BCUT2D eigenvalue weighted by Crippen LogP contribution is -2.60. The number of hydrogen-bond donors (Lipinski definition) is 2. The van der Waals surface area contributed by atoms with E-state index in [4.69, 9.17) is 0 Å². The molecule has 2 aliphatic carbocycles. The first kappa shape index (κ1) is 19.6. The number of aromatic nitrogens is 1. The van der Waals surface area contributed by atoms with Crippen molar-refractivity contribution in [3.8, 4) is 0 Å². The summed E-state index contributed by atoms with van der Waals surface area (Å²) in [6.45, 7) is 6.78. The fourth-order valence-electron chi connectivity index (χ4n) is 6.46. The normalized spacial score (nSPS) is 25.8. The number of nitrogens with zero attached hydrogens (tertiary/aromatic N) is 1. The Morgan fingerprint density at radius 3 is 2.60 bits per heavy atom. The lowest BCUT2D eigenvalue weighted by molar-refractivity contribution is -0.0932. The van der Waals surface area contributed by atoms with E-state index >= 15 is 0 Å². The Hall–Kier alpha value is -2.33. The molecule has 2 heterocycles. The number of likely N-dealkylation sites (tertiary alicyclic amines) is 1. The summed E-state index contributed by atoms with van der Waals surface area (Å²) >= 11 is 0. The summed E-state index contributed by atoms with van der Waals surface area (Å²) in [5, 5.41) is 12.0. The molecule has 0 radical (unpaired) electrons. The highest BCUT2D eigenvalue weighted by Crippen LogP contribution is 2.57. The minimum atomic E-state index is -0.849. The number of aromatic carboxylic acids is 1. The Morgan fingerprint density at radius 1 is 1.17 bits per heavy atom. The van der Waals surface area contributed by atoms with Crippen LogP contribution in [0.15, 0.2) is 36.5 Å². The number of carbonyl (C=O) groups is 1. The fourth-order valence-corrected chi connectivity index (χ4v) is 6.46. The molecule has 5 rings (SSSR count). The second-order valence-corrected chi connectivity index (χ2v) is 9.83. The molecule has 1 aromatic carbocycles. The third-order valence-corrected chi connectivity index (χ3v) is 7.89. The first-order chi connectivity index (χ1) is 14.5. The smallest absolute Gasteiger partial charge is 0.335 e. The molecule has 2 fully saturated rings. The number of aromatic amines is 1. The summed E-state index contributed by atoms with van der Waals surface area (Å²) in [6.07, 6.45) is 9.78. The minimum Gasteiger partial charge on any atom is -0.478 e. The molecule has 4 heteroatoms. The Balaban J connectivity index is 1.50. The zero-order chi connectivity index (χ0) is 20.9. The number of benzene rings is 1. The van der Waals surface area contributed by atoms with Gasteiger partial charge in [-0.25, -0.2) is 4.79 Å². The van der Waals surface area contributed by atoms with Crippen molar-refractivity contribution in [3.63, 3.8) is 0 Å². The van der Waals surface area contributed by atoms with Crippen molar-refractivity contribution < 1.29 is 9.90 Å². The van der Waals surface area contributed by atoms with Gasteiger partial charge >= 0.3 is 5.97 Å². The van der Waals surface area contributed by atoms with Crippen molar-refractivity contribution >= 4 is 17.1 Å². The highest BCUT2D eigenvalue weighted by molar-refractivity contribution is 5.87. The van der Waals surface area contributed by atoms with E-state index in [-0.39, 0.29) is 0 Å². The van der Waals surface area contributed by atoms with Gasteiger partial charge in [0.05, 0.1) is 5.56 Å². The number of carboxylic acids is 1. The molecule has 4 nitrogen and oxygen atoms in total. The third kappa shape index (κ3) is 3.13. The van der Waals surface area contributed by atoms with E-state index in [9.17, 15) is 9.90 Å². The summed E-state index contributed by atoms with van der Waals surface area (Å²) in [5.74, 6) is -0.288. The number of H-pyrrole nitrogens is 1. The summed E-state index contributed by atoms with van der Waals surface area (Å²) in [5.41, 5.74) is 5.04. The molecule has 2 N–H and O–H groups in total. The minimum absolute atomic E-state index is 0.366. The van der Waals surface area contributed by atoms with Crippen molar-refractivity contribution in [2.24, 2.45) is 11.3 Å². The molecule has 1 saturated heterocycles. The predicted molar refractivity (Wildman–Crippen MR) is 120 cm³/mol. The maximum absolute atomic E-state index is 11.3. The molecule has 0 amide bonds. The van der Waals surface area contributed by atoms with Crippen molar-refractivity contribution in [3.05, 3.63) is 58.2 Å². The molecule has 0 bridgehead atoms. The van der Waals surface area contributed by atoms with Gasteiger partial charge in [-0.2, -0.15) is 0 Å². The second-order valence-electron chi connectivity index (χ2n) is 9.83. The summed E-state index contributed by atoms with van der Waals surface area (Å²) in [4.78, 5) is 17.4. The zero-order valence-corrected chi connectivity index (χ0v) is 18.1. The predicted octanol–water partition coefficient (Wildman–Crippen LogP) is 4.08. The van der Waals surface area contributed by atoms with Crippen molar-refractivity contribution in [1.29, 1.82) is 0 Å². The first-order valence-electron chi connectivity index (χ1n) is 11.4. The van der Waals surface area contributed by atoms with Crippen LogP contribution >= 0.6 is 0 Å². The largest absolute Gasteiger partial charge is 0.478 e. The van der Waals surface area contributed by atoms with Gasteiger partial charge in [0.25, 0.3) is 0 Å². The molecule has 3 aliphatic rings. The van der Waals surface area contributed by atoms with E-state index < -0.39 is 5.97 Å². The summed E-state index contributed by atoms with van der Waals surface area (Å²) in [6, 6.07) is 10.3. The summed E-state index contributed by atoms with van der Waals surface area (Å²) in [7, 11) is 0. The van der Waals surface area contributed by atoms with Gasteiger partial charge in [-0.05, 0) is 67.0 Å². The highest BCUT2D eigenvalue weighted by atomic mass is 16.4. The number of carboxylic acid groups (broad SMARTS) is 1. The van der Waals surface area contributed by atoms with E-state index in [2.05, 4.69) is 48.1 Å². The van der Waals surface area contributed by atoms with Crippen molar-refractivity contribution in [2.75, 3.05) is 13.1 Å². The highest BCUT2D eigenvalue weighted by Gasteiger charge is 2.53. The van der Waals surface area contributed by atoms with Gasteiger partial charge < -0.3 is 10.1 Å². The molecule has 2 unspecified atom stereocenters. The quantitative estimate of drug-likeness (QED) is 0.807. The van der Waals surface area contributed by atoms with Crippen LogP contribution in [0.3, 0.4) is 0 Å². The van der Waals surface area contributed by atoms with Crippen LogP contribution in [0.4, 0.5) is 0 Å². The molecule has 2 aromatic rings. The standard InChI is InChI=1S/C26H32N2O2/c1-17-14-18(2)23-21(10-13-27-23)22(17)15-28-16-26(11-4-3-5-12-26)24(28)19-6-8-20(9-7-19)25(29)30/h6-10,13,17,24,27H,3-5,11-12,14-16H2,1-2H3,(H,29,30).